The average Bonchev–Trinajstić information content (AvgIpc) is 2.93. The van der Waals surface area contributed by atoms with Gasteiger partial charge in [-0.25, -0.2) is 0 Å². The predicted molar refractivity (Wildman–Crippen MR) is 102 cm³/mol. The van der Waals surface area contributed by atoms with Gasteiger partial charge in [0.15, 0.2) is 11.5 Å². The molecule has 26 heavy (non-hydrogen) atoms. The van der Waals surface area contributed by atoms with Gasteiger partial charge in [0.1, 0.15) is 0 Å². The molecule has 0 radical (unpaired) electrons. The van der Waals surface area contributed by atoms with E-state index in [0.29, 0.717) is 5.69 Å². The molecule has 1 aliphatic rings. The lowest BCUT2D eigenvalue weighted by atomic mass is 9.90. The molecule has 0 spiro atoms. The third-order valence-electron chi connectivity index (χ3n) is 4.74. The number of rotatable bonds is 5. The maximum absolute atomic E-state index is 12.8. The molecule has 0 aromatic heterocycles. The Bertz CT molecular complexity index is 851. The van der Waals surface area contributed by atoms with Crippen molar-refractivity contribution < 1.29 is 14.7 Å². The fourth-order valence-corrected chi connectivity index (χ4v) is 3.27. The zero-order valence-corrected chi connectivity index (χ0v) is 15.3. The highest BCUT2D eigenvalue weighted by Crippen LogP contribution is 2.41. The molecule has 0 aliphatic carbocycles. The van der Waals surface area contributed by atoms with Crippen molar-refractivity contribution >= 4 is 17.4 Å². The normalized spacial score (nSPS) is 17.3. The van der Waals surface area contributed by atoms with E-state index in [1.54, 1.807) is 26.0 Å². The van der Waals surface area contributed by atoms with Crippen LogP contribution in [0.3, 0.4) is 0 Å². The van der Waals surface area contributed by atoms with Crippen molar-refractivity contribution in [1.82, 2.24) is 0 Å². The maximum Gasteiger partial charge on any atom is 0.294 e. The third kappa shape index (κ3) is 3.03. The molecule has 0 saturated carbocycles. The SMILES string of the molecule is CCc1ccc(C2C(C(=O)C(C)C)=C(O)C(=O)N2c2ccccc2)cc1. The van der Waals surface area contributed by atoms with E-state index in [2.05, 4.69) is 6.92 Å². The fourth-order valence-electron chi connectivity index (χ4n) is 3.27. The monoisotopic (exact) mass is 349 g/mol. The van der Waals surface area contributed by atoms with Crippen LogP contribution < -0.4 is 4.90 Å². The topological polar surface area (TPSA) is 57.6 Å². The van der Waals surface area contributed by atoms with Gasteiger partial charge in [0, 0.05) is 11.6 Å². The Morgan fingerprint density at radius 1 is 1.08 bits per heavy atom. The molecule has 1 unspecified atom stereocenters. The number of carbonyl (C=O) groups is 2. The zero-order chi connectivity index (χ0) is 18.8. The Labute approximate surface area is 153 Å². The van der Waals surface area contributed by atoms with Crippen LogP contribution in [0.15, 0.2) is 65.9 Å². The molecule has 1 amide bonds. The van der Waals surface area contributed by atoms with Gasteiger partial charge in [-0.2, -0.15) is 0 Å². The van der Waals surface area contributed by atoms with Gasteiger partial charge < -0.3 is 5.11 Å². The smallest absolute Gasteiger partial charge is 0.294 e. The molecule has 2 aromatic rings. The summed E-state index contributed by atoms with van der Waals surface area (Å²) in [7, 11) is 0. The number of carbonyl (C=O) groups excluding carboxylic acids is 2. The summed E-state index contributed by atoms with van der Waals surface area (Å²) in [6.45, 7) is 5.62. The van der Waals surface area contributed by atoms with Crippen molar-refractivity contribution in [2.45, 2.75) is 33.2 Å². The highest BCUT2D eigenvalue weighted by Gasteiger charge is 2.44. The lowest BCUT2D eigenvalue weighted by Gasteiger charge is -2.27. The molecule has 2 aromatic carbocycles. The van der Waals surface area contributed by atoms with E-state index in [9.17, 15) is 14.7 Å². The summed E-state index contributed by atoms with van der Waals surface area (Å²) in [6.07, 6.45) is 0.908. The number of aliphatic hydroxyl groups is 1. The molecule has 4 heteroatoms. The highest BCUT2D eigenvalue weighted by molar-refractivity contribution is 6.16. The first-order valence-electron chi connectivity index (χ1n) is 8.90. The summed E-state index contributed by atoms with van der Waals surface area (Å²) in [4.78, 5) is 27.1. The molecule has 1 atom stereocenters. The van der Waals surface area contributed by atoms with Crippen LogP contribution in [0.5, 0.6) is 0 Å². The van der Waals surface area contributed by atoms with Crippen molar-refractivity contribution in [2.75, 3.05) is 4.90 Å². The number of Topliss-reactive ketones (excluding diaryl/α,β-unsaturated/α-hetero) is 1. The number of aliphatic hydroxyl groups excluding tert-OH is 1. The Morgan fingerprint density at radius 2 is 1.69 bits per heavy atom. The van der Waals surface area contributed by atoms with E-state index < -0.39 is 17.7 Å². The first kappa shape index (κ1) is 17.9. The number of nitrogens with zero attached hydrogens (tertiary/aromatic N) is 1. The highest BCUT2D eigenvalue weighted by atomic mass is 16.3. The number of benzene rings is 2. The average molecular weight is 349 g/mol. The molecular formula is C22H23NO3. The molecule has 0 fully saturated rings. The number of ketones is 1. The minimum absolute atomic E-state index is 0.179. The van der Waals surface area contributed by atoms with Crippen molar-refractivity contribution in [2.24, 2.45) is 5.92 Å². The second-order valence-electron chi connectivity index (χ2n) is 6.79. The van der Waals surface area contributed by atoms with Crippen LogP contribution in [0.25, 0.3) is 0 Å². The number of para-hydroxylation sites is 1. The van der Waals surface area contributed by atoms with Crippen LogP contribution in [0, 0.1) is 5.92 Å². The largest absolute Gasteiger partial charge is 0.503 e. The van der Waals surface area contributed by atoms with Gasteiger partial charge in [0.25, 0.3) is 5.91 Å². The molecule has 0 saturated heterocycles. The van der Waals surface area contributed by atoms with E-state index in [4.69, 9.17) is 0 Å². The Morgan fingerprint density at radius 3 is 2.23 bits per heavy atom. The van der Waals surface area contributed by atoms with E-state index in [1.807, 2.05) is 42.5 Å². The van der Waals surface area contributed by atoms with E-state index in [-0.39, 0.29) is 17.3 Å². The molecular weight excluding hydrogens is 326 g/mol. The number of aryl methyl sites for hydroxylation is 1. The summed E-state index contributed by atoms with van der Waals surface area (Å²) >= 11 is 0. The van der Waals surface area contributed by atoms with Crippen molar-refractivity contribution in [3.8, 4) is 0 Å². The fraction of sp³-hybridized carbons (Fsp3) is 0.273. The van der Waals surface area contributed by atoms with E-state index in [1.165, 1.54) is 10.5 Å². The summed E-state index contributed by atoms with van der Waals surface area (Å²) in [5.41, 5.74) is 2.82. The van der Waals surface area contributed by atoms with Gasteiger partial charge in [-0.3, -0.25) is 14.5 Å². The summed E-state index contributed by atoms with van der Waals surface area (Å²) in [5, 5.41) is 10.5. The van der Waals surface area contributed by atoms with E-state index in [0.717, 1.165) is 12.0 Å². The van der Waals surface area contributed by atoms with Gasteiger partial charge in [-0.1, -0.05) is 63.2 Å². The Balaban J connectivity index is 2.16. The summed E-state index contributed by atoms with van der Waals surface area (Å²) in [6, 6.07) is 16.4. The van der Waals surface area contributed by atoms with Crippen LogP contribution in [0.2, 0.25) is 0 Å². The van der Waals surface area contributed by atoms with Gasteiger partial charge in [-0.05, 0) is 29.7 Å². The Hall–Kier alpha value is -2.88. The van der Waals surface area contributed by atoms with Crippen molar-refractivity contribution in [1.29, 1.82) is 0 Å². The lowest BCUT2D eigenvalue weighted by molar-refractivity contribution is -0.119. The van der Waals surface area contributed by atoms with Crippen molar-refractivity contribution in [3.05, 3.63) is 77.1 Å². The zero-order valence-electron chi connectivity index (χ0n) is 15.3. The van der Waals surface area contributed by atoms with Gasteiger partial charge in [-0.15, -0.1) is 0 Å². The molecule has 134 valence electrons. The number of amides is 1. The standard InChI is InChI=1S/C22H23NO3/c1-4-15-10-12-16(13-11-15)19-18(20(24)14(2)3)21(25)22(26)23(19)17-8-6-5-7-9-17/h5-14,19,25H,4H2,1-3H3. The number of hydrogen-bond donors (Lipinski definition) is 1. The molecule has 1 N–H and O–H groups in total. The lowest BCUT2D eigenvalue weighted by Crippen LogP contribution is -2.31. The number of anilines is 1. The maximum atomic E-state index is 12.8. The quantitative estimate of drug-likeness (QED) is 0.872. The number of hydrogen-bond acceptors (Lipinski definition) is 3. The molecule has 4 nitrogen and oxygen atoms in total. The molecule has 1 aliphatic heterocycles. The predicted octanol–water partition coefficient (Wildman–Crippen LogP) is 4.37. The molecule has 0 bridgehead atoms. The summed E-state index contributed by atoms with van der Waals surface area (Å²) in [5.74, 6) is -1.51. The van der Waals surface area contributed by atoms with Crippen LogP contribution >= 0.6 is 0 Å². The van der Waals surface area contributed by atoms with Crippen LogP contribution in [-0.4, -0.2) is 16.8 Å². The van der Waals surface area contributed by atoms with E-state index >= 15 is 0 Å². The minimum atomic E-state index is -0.620. The molecule has 3 rings (SSSR count). The van der Waals surface area contributed by atoms with Gasteiger partial charge in [0.2, 0.25) is 0 Å². The van der Waals surface area contributed by atoms with Crippen LogP contribution in [0.1, 0.15) is 37.9 Å². The van der Waals surface area contributed by atoms with Gasteiger partial charge >= 0.3 is 0 Å². The van der Waals surface area contributed by atoms with Crippen LogP contribution in [0.4, 0.5) is 5.69 Å². The second kappa shape index (κ2) is 7.16. The Kier molecular flexibility index (Phi) is 4.94. The summed E-state index contributed by atoms with van der Waals surface area (Å²) < 4.78 is 0. The van der Waals surface area contributed by atoms with Gasteiger partial charge in [0.05, 0.1) is 11.6 Å². The molecule has 1 heterocycles. The first-order chi connectivity index (χ1) is 12.5. The third-order valence-corrected chi connectivity index (χ3v) is 4.74. The first-order valence-corrected chi connectivity index (χ1v) is 8.90. The van der Waals surface area contributed by atoms with Crippen molar-refractivity contribution in [3.63, 3.8) is 0 Å². The second-order valence-corrected chi connectivity index (χ2v) is 6.79. The van der Waals surface area contributed by atoms with Crippen LogP contribution in [-0.2, 0) is 16.0 Å². The minimum Gasteiger partial charge on any atom is -0.503 e.